The van der Waals surface area contributed by atoms with E-state index >= 15 is 0 Å². The first kappa shape index (κ1) is 16.6. The van der Waals surface area contributed by atoms with Crippen LogP contribution >= 0.6 is 15.9 Å². The highest BCUT2D eigenvalue weighted by Gasteiger charge is 2.34. The minimum absolute atomic E-state index is 0.0254. The van der Waals surface area contributed by atoms with Crippen molar-refractivity contribution >= 4 is 27.6 Å². The summed E-state index contributed by atoms with van der Waals surface area (Å²) in [4.78, 5) is 14.5. The van der Waals surface area contributed by atoms with Gasteiger partial charge < -0.3 is 10.2 Å². The number of H-pyrrole nitrogens is 1. The summed E-state index contributed by atoms with van der Waals surface area (Å²) >= 11 is 3.15. The van der Waals surface area contributed by atoms with Gasteiger partial charge in [0.1, 0.15) is 0 Å². The van der Waals surface area contributed by atoms with E-state index in [1.807, 2.05) is 6.92 Å². The van der Waals surface area contributed by atoms with Crippen molar-refractivity contribution in [1.82, 2.24) is 15.1 Å². The van der Waals surface area contributed by atoms with Crippen LogP contribution in [0, 0.1) is 5.82 Å². The van der Waals surface area contributed by atoms with Gasteiger partial charge in [-0.2, -0.15) is 5.10 Å². The lowest BCUT2D eigenvalue weighted by molar-refractivity contribution is 0.181. The van der Waals surface area contributed by atoms with Crippen LogP contribution < -0.4 is 5.32 Å². The lowest BCUT2D eigenvalue weighted by Crippen LogP contribution is -2.45. The second-order valence-corrected chi connectivity index (χ2v) is 7.76. The van der Waals surface area contributed by atoms with Gasteiger partial charge in [0.15, 0.2) is 5.82 Å². The number of nitrogens with one attached hydrogen (secondary N) is 2. The molecule has 1 aromatic carbocycles. The normalized spacial score (nSPS) is 20.1. The monoisotopic (exact) mass is 406 g/mol. The van der Waals surface area contributed by atoms with Gasteiger partial charge in [0.2, 0.25) is 0 Å². The molecule has 2 aliphatic rings. The van der Waals surface area contributed by atoms with Crippen LogP contribution in [0.25, 0.3) is 0 Å². The van der Waals surface area contributed by atoms with Crippen LogP contribution in [0.1, 0.15) is 49.1 Å². The highest BCUT2D eigenvalue weighted by atomic mass is 79.9. The quantitative estimate of drug-likeness (QED) is 0.767. The van der Waals surface area contributed by atoms with Gasteiger partial charge in [0.25, 0.3) is 0 Å². The molecule has 2 amide bonds. The highest BCUT2D eigenvalue weighted by Crippen LogP contribution is 2.39. The Morgan fingerprint density at radius 1 is 1.44 bits per heavy atom. The predicted molar refractivity (Wildman–Crippen MR) is 97.0 cm³/mol. The summed E-state index contributed by atoms with van der Waals surface area (Å²) in [6.45, 7) is 2.52. The fourth-order valence-electron chi connectivity index (χ4n) is 3.57. The molecule has 0 saturated heterocycles. The lowest BCUT2D eigenvalue weighted by atomic mass is 9.80. The topological polar surface area (TPSA) is 61.0 Å². The molecule has 0 bridgehead atoms. The van der Waals surface area contributed by atoms with Crippen LogP contribution in [0.4, 0.5) is 14.9 Å². The Hall–Kier alpha value is -1.89. The van der Waals surface area contributed by atoms with E-state index in [1.165, 1.54) is 19.3 Å². The zero-order chi connectivity index (χ0) is 17.6. The van der Waals surface area contributed by atoms with Crippen LogP contribution in [0.3, 0.4) is 0 Å². The number of anilines is 1. The van der Waals surface area contributed by atoms with Gasteiger partial charge in [-0.25, -0.2) is 9.18 Å². The van der Waals surface area contributed by atoms with Crippen LogP contribution in [-0.4, -0.2) is 27.2 Å². The molecule has 1 unspecified atom stereocenters. The van der Waals surface area contributed by atoms with Gasteiger partial charge in [-0.15, -0.1) is 0 Å². The number of hydrogen-bond acceptors (Lipinski definition) is 2. The molecule has 2 N–H and O–H groups in total. The number of hydrogen-bond donors (Lipinski definition) is 2. The average molecular weight is 407 g/mol. The number of aromatic nitrogens is 2. The third-order valence-electron chi connectivity index (χ3n) is 5.29. The second-order valence-electron chi connectivity index (χ2n) is 6.91. The largest absolute Gasteiger partial charge is 0.322 e. The number of fused-ring (bicyclic) bond motifs is 1. The third-order valence-corrected chi connectivity index (χ3v) is 5.90. The Bertz CT molecular complexity index is 817. The number of aromatic amines is 1. The maximum absolute atomic E-state index is 14.1. The van der Waals surface area contributed by atoms with Gasteiger partial charge in [0.05, 0.1) is 22.4 Å². The Balaban J connectivity index is 1.55. The Morgan fingerprint density at radius 2 is 2.24 bits per heavy atom. The third kappa shape index (κ3) is 2.94. The van der Waals surface area contributed by atoms with Crippen molar-refractivity contribution in [3.63, 3.8) is 0 Å². The Morgan fingerprint density at radius 3 is 2.96 bits per heavy atom. The number of carbonyl (C=O) groups is 1. The minimum Gasteiger partial charge on any atom is -0.317 e. The molecule has 1 atom stereocenters. The summed E-state index contributed by atoms with van der Waals surface area (Å²) in [6.07, 6.45) is 4.32. The van der Waals surface area contributed by atoms with E-state index in [1.54, 1.807) is 23.1 Å². The molecule has 1 aliphatic carbocycles. The highest BCUT2D eigenvalue weighted by molar-refractivity contribution is 9.10. The van der Waals surface area contributed by atoms with Crippen molar-refractivity contribution in [1.29, 1.82) is 0 Å². The predicted octanol–water partition coefficient (Wildman–Crippen LogP) is 4.56. The van der Waals surface area contributed by atoms with Crippen molar-refractivity contribution < 1.29 is 9.18 Å². The molecule has 1 aromatic heterocycles. The average Bonchev–Trinajstić information content (AvgIpc) is 2.92. The summed E-state index contributed by atoms with van der Waals surface area (Å²) < 4.78 is 14.5. The summed E-state index contributed by atoms with van der Waals surface area (Å²) in [5, 5.41) is 10.4. The maximum Gasteiger partial charge on any atom is 0.322 e. The second kappa shape index (κ2) is 6.44. The van der Waals surface area contributed by atoms with E-state index in [9.17, 15) is 9.18 Å². The molecule has 5 nitrogen and oxygen atoms in total. The lowest BCUT2D eigenvalue weighted by Gasteiger charge is -2.34. The first-order valence-corrected chi connectivity index (χ1v) is 9.41. The van der Waals surface area contributed by atoms with Gasteiger partial charge in [-0.3, -0.25) is 5.10 Å². The van der Waals surface area contributed by atoms with Gasteiger partial charge in [0, 0.05) is 29.6 Å². The van der Waals surface area contributed by atoms with E-state index in [-0.39, 0.29) is 17.8 Å². The number of urea groups is 1. The van der Waals surface area contributed by atoms with Crippen molar-refractivity contribution in [2.75, 3.05) is 5.32 Å². The maximum atomic E-state index is 14.1. The van der Waals surface area contributed by atoms with Crippen LogP contribution in [-0.2, 0) is 13.0 Å². The molecule has 0 radical (unpaired) electrons. The molecule has 4 rings (SSSR count). The molecule has 2 heterocycles. The molecule has 2 aromatic rings. The van der Waals surface area contributed by atoms with E-state index in [2.05, 4.69) is 31.4 Å². The number of rotatable bonds is 2. The van der Waals surface area contributed by atoms with Crippen LogP contribution in [0.2, 0.25) is 0 Å². The standard InChI is InChI=1S/C18H20BrFN4O/c1-10-8-15-12(17(23-22-15)11-4-2-5-11)9-24(10)18(25)21-14-7-3-6-13(19)16(14)20/h3,6-7,10-11H,2,4-5,8-9H2,1H3,(H,21,25)(H,22,23). The minimum atomic E-state index is -0.459. The molecular formula is C18H20BrFN4O. The summed E-state index contributed by atoms with van der Waals surface area (Å²) in [5.41, 5.74) is 3.57. The van der Waals surface area contributed by atoms with E-state index in [0.717, 1.165) is 23.4 Å². The van der Waals surface area contributed by atoms with Gasteiger partial charge in [-0.1, -0.05) is 12.5 Å². The Labute approximate surface area is 154 Å². The van der Waals surface area contributed by atoms with Crippen LogP contribution in [0.15, 0.2) is 22.7 Å². The number of amides is 2. The van der Waals surface area contributed by atoms with Crippen molar-refractivity contribution in [3.8, 4) is 0 Å². The summed E-state index contributed by atoms with van der Waals surface area (Å²) in [5.74, 6) is 0.0560. The first-order valence-electron chi connectivity index (χ1n) is 8.62. The fraction of sp³-hybridized carbons (Fsp3) is 0.444. The molecule has 132 valence electrons. The van der Waals surface area contributed by atoms with Gasteiger partial charge >= 0.3 is 6.03 Å². The molecule has 1 aliphatic heterocycles. The van der Waals surface area contributed by atoms with Crippen molar-refractivity contribution in [2.45, 2.75) is 51.1 Å². The molecule has 0 spiro atoms. The van der Waals surface area contributed by atoms with E-state index in [4.69, 9.17) is 0 Å². The Kier molecular flexibility index (Phi) is 4.27. The molecule has 1 saturated carbocycles. The van der Waals surface area contributed by atoms with Crippen molar-refractivity contribution in [2.24, 2.45) is 0 Å². The number of nitrogens with zero attached hydrogens (tertiary/aromatic N) is 2. The van der Waals surface area contributed by atoms with Gasteiger partial charge in [-0.05, 0) is 47.8 Å². The molecule has 25 heavy (non-hydrogen) atoms. The molecule has 7 heteroatoms. The number of benzene rings is 1. The SMILES string of the molecule is CC1Cc2[nH]nc(C3CCC3)c2CN1C(=O)Nc1cccc(Br)c1F. The smallest absolute Gasteiger partial charge is 0.317 e. The zero-order valence-electron chi connectivity index (χ0n) is 14.0. The molecule has 1 fully saturated rings. The van der Waals surface area contributed by atoms with Crippen LogP contribution in [0.5, 0.6) is 0 Å². The van der Waals surface area contributed by atoms with E-state index < -0.39 is 5.82 Å². The molecular weight excluding hydrogens is 387 g/mol. The van der Waals surface area contributed by atoms with Crippen molar-refractivity contribution in [3.05, 3.63) is 45.4 Å². The summed E-state index contributed by atoms with van der Waals surface area (Å²) in [6, 6.07) is 4.62. The zero-order valence-corrected chi connectivity index (χ0v) is 15.6. The fourth-order valence-corrected chi connectivity index (χ4v) is 3.94. The number of halogens is 2. The number of carbonyl (C=O) groups excluding carboxylic acids is 1. The first-order chi connectivity index (χ1) is 12.0. The summed E-state index contributed by atoms with van der Waals surface area (Å²) in [7, 11) is 0. The van der Waals surface area contributed by atoms with E-state index in [0.29, 0.717) is 16.9 Å².